The van der Waals surface area contributed by atoms with Crippen LogP contribution in [0.15, 0.2) is 24.3 Å². The molecular formula is C20H21N3O4. The smallest absolute Gasteiger partial charge is 0.355 e. The first-order valence-corrected chi connectivity index (χ1v) is 8.68. The van der Waals surface area contributed by atoms with Gasteiger partial charge in [0.05, 0.1) is 34.6 Å². The third-order valence-corrected chi connectivity index (χ3v) is 4.30. The van der Waals surface area contributed by atoms with Crippen LogP contribution in [0.5, 0.6) is 0 Å². The molecule has 1 N–H and O–H groups in total. The number of aryl methyl sites for hydroxylation is 2. The summed E-state index contributed by atoms with van der Waals surface area (Å²) in [4.78, 5) is 36.5. The molecule has 0 aliphatic heterocycles. The molecule has 2 heterocycles. The zero-order chi connectivity index (χ0) is 19.6. The molecule has 27 heavy (non-hydrogen) atoms. The highest BCUT2D eigenvalue weighted by atomic mass is 16.5. The van der Waals surface area contributed by atoms with Gasteiger partial charge in [0.25, 0.3) is 0 Å². The van der Waals surface area contributed by atoms with Crippen molar-refractivity contribution < 1.29 is 19.1 Å². The third-order valence-electron chi connectivity index (χ3n) is 4.30. The van der Waals surface area contributed by atoms with Gasteiger partial charge in [0.15, 0.2) is 0 Å². The van der Waals surface area contributed by atoms with Crippen molar-refractivity contribution >= 4 is 23.0 Å². The van der Waals surface area contributed by atoms with Crippen LogP contribution in [-0.2, 0) is 16.1 Å². The number of aromatic amines is 1. The van der Waals surface area contributed by atoms with Crippen molar-refractivity contribution in [1.82, 2.24) is 15.0 Å². The molecule has 0 saturated heterocycles. The molecule has 0 bridgehead atoms. The highest BCUT2D eigenvalue weighted by molar-refractivity contribution is 5.98. The highest BCUT2D eigenvalue weighted by Crippen LogP contribution is 2.20. The van der Waals surface area contributed by atoms with E-state index in [-0.39, 0.29) is 18.9 Å². The van der Waals surface area contributed by atoms with Gasteiger partial charge in [0.1, 0.15) is 12.3 Å². The fourth-order valence-corrected chi connectivity index (χ4v) is 2.93. The second-order valence-corrected chi connectivity index (χ2v) is 6.17. The van der Waals surface area contributed by atoms with E-state index >= 15 is 0 Å². The summed E-state index contributed by atoms with van der Waals surface area (Å²) in [5.74, 6) is -1.01. The quantitative estimate of drug-likeness (QED) is 0.695. The average molecular weight is 367 g/mol. The Labute approximate surface area is 156 Å². The van der Waals surface area contributed by atoms with Crippen molar-refractivity contribution in [2.45, 2.75) is 34.3 Å². The van der Waals surface area contributed by atoms with Crippen molar-refractivity contribution in [2.24, 2.45) is 0 Å². The molecular weight excluding hydrogens is 346 g/mol. The number of esters is 2. The molecule has 1 aromatic carbocycles. The number of rotatable bonds is 5. The number of benzene rings is 1. The van der Waals surface area contributed by atoms with Gasteiger partial charge in [-0.25, -0.2) is 19.6 Å². The van der Waals surface area contributed by atoms with Gasteiger partial charge in [-0.2, -0.15) is 0 Å². The predicted molar refractivity (Wildman–Crippen MR) is 99.6 cm³/mol. The lowest BCUT2D eigenvalue weighted by molar-refractivity contribution is 0.0459. The summed E-state index contributed by atoms with van der Waals surface area (Å²) < 4.78 is 10.4. The zero-order valence-corrected chi connectivity index (χ0v) is 15.8. The molecule has 7 nitrogen and oxygen atoms in total. The highest BCUT2D eigenvalue weighted by Gasteiger charge is 2.24. The van der Waals surface area contributed by atoms with Crippen molar-refractivity contribution in [1.29, 1.82) is 0 Å². The molecule has 140 valence electrons. The van der Waals surface area contributed by atoms with E-state index in [1.54, 1.807) is 20.8 Å². The van der Waals surface area contributed by atoms with E-state index in [1.165, 1.54) is 0 Å². The fourth-order valence-electron chi connectivity index (χ4n) is 2.93. The van der Waals surface area contributed by atoms with Crippen molar-refractivity contribution in [3.8, 4) is 0 Å². The minimum Gasteiger partial charge on any atom is -0.462 e. The van der Waals surface area contributed by atoms with Crippen LogP contribution < -0.4 is 0 Å². The van der Waals surface area contributed by atoms with Gasteiger partial charge >= 0.3 is 11.9 Å². The number of hydrogen-bond acceptors (Lipinski definition) is 6. The SMILES string of the molecule is CCOC(=O)c1c(C)[nH]c(C(=O)OCc2nc3ccccc3nc2C)c1C. The number of H-pyrrole nitrogens is 1. The maximum atomic E-state index is 12.5. The second kappa shape index (κ2) is 7.57. The van der Waals surface area contributed by atoms with E-state index in [0.717, 1.165) is 11.0 Å². The van der Waals surface area contributed by atoms with E-state index in [1.807, 2.05) is 31.2 Å². The lowest BCUT2D eigenvalue weighted by Gasteiger charge is -2.08. The first kappa shape index (κ1) is 18.6. The van der Waals surface area contributed by atoms with Gasteiger partial charge in [-0.1, -0.05) is 12.1 Å². The van der Waals surface area contributed by atoms with Crippen LogP contribution in [0, 0.1) is 20.8 Å². The number of para-hydroxylation sites is 2. The predicted octanol–water partition coefficient (Wildman–Crippen LogP) is 3.42. The number of fused-ring (bicyclic) bond motifs is 1. The van der Waals surface area contributed by atoms with Crippen molar-refractivity contribution in [3.05, 3.63) is 58.2 Å². The van der Waals surface area contributed by atoms with Crippen LogP contribution in [0.2, 0.25) is 0 Å². The molecule has 0 radical (unpaired) electrons. The number of aromatic nitrogens is 3. The van der Waals surface area contributed by atoms with E-state index < -0.39 is 11.9 Å². The Morgan fingerprint density at radius 1 is 1.00 bits per heavy atom. The Hall–Kier alpha value is -3.22. The third kappa shape index (κ3) is 3.67. The second-order valence-electron chi connectivity index (χ2n) is 6.17. The topological polar surface area (TPSA) is 94.2 Å². The molecule has 0 aliphatic rings. The van der Waals surface area contributed by atoms with E-state index in [9.17, 15) is 9.59 Å². The number of hydrogen-bond donors (Lipinski definition) is 1. The molecule has 0 amide bonds. The molecule has 0 fully saturated rings. The molecule has 0 unspecified atom stereocenters. The Balaban J connectivity index is 1.80. The summed E-state index contributed by atoms with van der Waals surface area (Å²) in [6, 6.07) is 7.52. The Kier molecular flexibility index (Phi) is 5.21. The number of ether oxygens (including phenoxy) is 2. The van der Waals surface area contributed by atoms with Gasteiger partial charge in [-0.15, -0.1) is 0 Å². The largest absolute Gasteiger partial charge is 0.462 e. The van der Waals surface area contributed by atoms with Crippen LogP contribution >= 0.6 is 0 Å². The maximum Gasteiger partial charge on any atom is 0.355 e. The zero-order valence-electron chi connectivity index (χ0n) is 15.8. The summed E-state index contributed by atoms with van der Waals surface area (Å²) in [6.07, 6.45) is 0. The van der Waals surface area contributed by atoms with Crippen LogP contribution in [-0.4, -0.2) is 33.5 Å². The van der Waals surface area contributed by atoms with Crippen molar-refractivity contribution in [2.75, 3.05) is 6.61 Å². The summed E-state index contributed by atoms with van der Waals surface area (Å²) in [5, 5.41) is 0. The van der Waals surface area contributed by atoms with E-state index in [4.69, 9.17) is 9.47 Å². The van der Waals surface area contributed by atoms with Gasteiger partial charge in [-0.3, -0.25) is 0 Å². The van der Waals surface area contributed by atoms with Gasteiger partial charge < -0.3 is 14.5 Å². The lowest BCUT2D eigenvalue weighted by Crippen LogP contribution is -2.11. The molecule has 0 atom stereocenters. The number of nitrogens with one attached hydrogen (secondary N) is 1. The minimum atomic E-state index is -0.555. The van der Waals surface area contributed by atoms with E-state index in [2.05, 4.69) is 15.0 Å². The first-order chi connectivity index (χ1) is 12.9. The minimum absolute atomic E-state index is 0.00521. The summed E-state index contributed by atoms with van der Waals surface area (Å²) in [6.45, 7) is 7.22. The molecule has 2 aromatic heterocycles. The van der Waals surface area contributed by atoms with Crippen LogP contribution in [0.1, 0.15) is 50.4 Å². The summed E-state index contributed by atoms with van der Waals surface area (Å²) >= 11 is 0. The lowest BCUT2D eigenvalue weighted by atomic mass is 10.1. The molecule has 3 rings (SSSR count). The molecule has 0 aliphatic carbocycles. The van der Waals surface area contributed by atoms with Gasteiger partial charge in [0, 0.05) is 5.69 Å². The molecule has 0 saturated carbocycles. The Morgan fingerprint density at radius 3 is 2.33 bits per heavy atom. The normalized spacial score (nSPS) is 10.8. The average Bonchev–Trinajstić information content (AvgIpc) is 2.94. The van der Waals surface area contributed by atoms with Crippen LogP contribution in [0.3, 0.4) is 0 Å². The maximum absolute atomic E-state index is 12.5. The monoisotopic (exact) mass is 367 g/mol. The fraction of sp³-hybridized carbons (Fsp3) is 0.300. The van der Waals surface area contributed by atoms with E-state index in [0.29, 0.717) is 28.2 Å². The van der Waals surface area contributed by atoms with Gasteiger partial charge in [-0.05, 0) is 45.4 Å². The molecule has 3 aromatic rings. The number of nitrogens with zero attached hydrogens (tertiary/aromatic N) is 2. The Morgan fingerprint density at radius 2 is 1.67 bits per heavy atom. The van der Waals surface area contributed by atoms with Gasteiger partial charge in [0.2, 0.25) is 0 Å². The van der Waals surface area contributed by atoms with Crippen molar-refractivity contribution in [3.63, 3.8) is 0 Å². The standard InChI is InChI=1S/C20H21N3O4/c1-5-26-19(24)17-11(2)18(22-13(17)4)20(25)27-10-16-12(3)21-14-8-6-7-9-15(14)23-16/h6-9,22H,5,10H2,1-4H3. The van der Waals surface area contributed by atoms with Crippen LogP contribution in [0.25, 0.3) is 11.0 Å². The van der Waals surface area contributed by atoms with Crippen LogP contribution in [0.4, 0.5) is 0 Å². The Bertz CT molecular complexity index is 1020. The molecule has 7 heteroatoms. The summed E-state index contributed by atoms with van der Waals surface area (Å²) in [7, 11) is 0. The number of carbonyl (C=O) groups excluding carboxylic acids is 2. The summed E-state index contributed by atoms with van der Waals surface area (Å²) in [5.41, 5.74) is 4.51. The first-order valence-electron chi connectivity index (χ1n) is 8.68. The number of carbonyl (C=O) groups is 2. The molecule has 0 spiro atoms.